The second kappa shape index (κ2) is 4.75. The van der Waals surface area contributed by atoms with Crippen molar-refractivity contribution in [2.75, 3.05) is 0 Å². The molecule has 0 rings (SSSR count). The van der Waals surface area contributed by atoms with Crippen molar-refractivity contribution in [1.29, 1.82) is 0 Å². The van der Waals surface area contributed by atoms with Gasteiger partial charge in [0.1, 0.15) is 0 Å². The average Bonchev–Trinajstić information content (AvgIpc) is 1.76. The van der Waals surface area contributed by atoms with Gasteiger partial charge < -0.3 is 14.2 Å². The van der Waals surface area contributed by atoms with E-state index in [0.717, 1.165) is 20.8 Å². The Morgan fingerprint density at radius 3 is 1.21 bits per heavy atom. The van der Waals surface area contributed by atoms with Crippen molar-refractivity contribution in [3.05, 3.63) is 0 Å². The minimum absolute atomic E-state index is 0.775. The van der Waals surface area contributed by atoms with E-state index in [0.29, 0.717) is 0 Å². The predicted octanol–water partition coefficient (Wildman–Crippen LogP) is -0.544. The van der Waals surface area contributed by atoms with Crippen LogP contribution in [0.5, 0.6) is 0 Å². The number of hydrogen-bond donors (Lipinski definition) is 0. The average molecular weight is 217 g/mol. The summed E-state index contributed by atoms with van der Waals surface area (Å²) in [7, 11) is 2.71. The van der Waals surface area contributed by atoms with Crippen molar-refractivity contribution in [1.82, 2.24) is 0 Å². The van der Waals surface area contributed by atoms with Gasteiger partial charge in [-0.05, 0) is 0 Å². The Hall–Kier alpha value is -1.37. The highest BCUT2D eigenvalue weighted by molar-refractivity contribution is 6.14. The van der Waals surface area contributed by atoms with Crippen molar-refractivity contribution in [3.63, 3.8) is 0 Å². The molecule has 0 aliphatic heterocycles. The number of carbonyl (C=O) groups is 3. The summed E-state index contributed by atoms with van der Waals surface area (Å²) in [4.78, 5) is 31.8. The van der Waals surface area contributed by atoms with Gasteiger partial charge in [-0.15, -0.1) is 0 Å². The van der Waals surface area contributed by atoms with E-state index >= 15 is 0 Å². The SMILES string of the molecule is CC(=O)OC([Si])(OC(C)=O)OC(C)=O. The lowest BCUT2D eigenvalue weighted by molar-refractivity contribution is -0.281. The highest BCUT2D eigenvalue weighted by Gasteiger charge is 2.34. The summed E-state index contributed by atoms with van der Waals surface area (Å²) in [5.41, 5.74) is -2.18. The summed E-state index contributed by atoms with van der Waals surface area (Å²) >= 11 is 0. The standard InChI is InChI=1S/C7H9O6Si/c1-4(8)11-7(14,12-5(2)9)13-6(3)10/h1-3H3. The van der Waals surface area contributed by atoms with Crippen LogP contribution in [0.2, 0.25) is 0 Å². The van der Waals surface area contributed by atoms with Crippen LogP contribution in [0.25, 0.3) is 0 Å². The molecule has 0 spiro atoms. The van der Waals surface area contributed by atoms with Crippen molar-refractivity contribution in [2.45, 2.75) is 26.4 Å². The van der Waals surface area contributed by atoms with Crippen LogP contribution in [0.3, 0.4) is 0 Å². The van der Waals surface area contributed by atoms with Gasteiger partial charge >= 0.3 is 23.5 Å². The van der Waals surface area contributed by atoms with Crippen LogP contribution in [0, 0.1) is 0 Å². The van der Waals surface area contributed by atoms with Crippen LogP contribution in [0.15, 0.2) is 0 Å². The monoisotopic (exact) mass is 217 g/mol. The number of carbonyl (C=O) groups excluding carboxylic acids is 3. The molecule has 0 amide bonds. The molecule has 0 aromatic carbocycles. The Bertz CT molecular complexity index is 220. The normalized spacial score (nSPS) is 10.3. The molecule has 3 radical (unpaired) electrons. The molecule has 0 aromatic rings. The predicted molar refractivity (Wildman–Crippen MR) is 43.8 cm³/mol. The Morgan fingerprint density at radius 2 is 1.07 bits per heavy atom. The van der Waals surface area contributed by atoms with E-state index in [2.05, 4.69) is 24.5 Å². The lowest BCUT2D eigenvalue weighted by atomic mass is 10.8. The topological polar surface area (TPSA) is 78.9 Å². The number of ether oxygens (including phenoxy) is 3. The van der Waals surface area contributed by atoms with Gasteiger partial charge in [-0.2, -0.15) is 0 Å². The molecule has 0 saturated heterocycles. The molecule has 0 unspecified atom stereocenters. The molecule has 77 valence electrons. The number of esters is 3. The van der Waals surface area contributed by atoms with Crippen molar-refractivity contribution >= 4 is 28.2 Å². The maximum absolute atomic E-state index is 10.6. The lowest BCUT2D eigenvalue weighted by Gasteiger charge is -2.26. The van der Waals surface area contributed by atoms with E-state index in [1.54, 1.807) is 0 Å². The quantitative estimate of drug-likeness (QED) is 0.359. The summed E-state index contributed by atoms with van der Waals surface area (Å²) in [5, 5.41) is 0. The van der Waals surface area contributed by atoms with Crippen LogP contribution < -0.4 is 0 Å². The van der Waals surface area contributed by atoms with Crippen molar-refractivity contribution in [3.8, 4) is 0 Å². The largest absolute Gasteiger partial charge is 0.394 e. The summed E-state index contributed by atoms with van der Waals surface area (Å²) < 4.78 is 13.3. The molecule has 0 aliphatic rings. The highest BCUT2D eigenvalue weighted by Crippen LogP contribution is 2.11. The second-order valence-corrected chi connectivity index (χ2v) is 2.95. The summed E-state index contributed by atoms with van der Waals surface area (Å²) in [6, 6.07) is 0. The fourth-order valence-corrected chi connectivity index (χ4v) is 1.06. The molecule has 0 bridgehead atoms. The van der Waals surface area contributed by atoms with E-state index in [-0.39, 0.29) is 0 Å². The maximum Gasteiger partial charge on any atom is 0.378 e. The first-order valence-electron chi connectivity index (χ1n) is 3.59. The molecule has 7 heteroatoms. The maximum atomic E-state index is 10.6. The Kier molecular flexibility index (Phi) is 4.28. The van der Waals surface area contributed by atoms with Gasteiger partial charge in [0, 0.05) is 20.8 Å². The van der Waals surface area contributed by atoms with Gasteiger partial charge in [0.05, 0.1) is 0 Å². The molecule has 0 fully saturated rings. The summed E-state index contributed by atoms with van der Waals surface area (Å²) in [6.07, 6.45) is 0. The molecule has 0 saturated carbocycles. The third-order valence-corrected chi connectivity index (χ3v) is 1.14. The highest BCUT2D eigenvalue weighted by atomic mass is 28.1. The zero-order valence-corrected chi connectivity index (χ0v) is 8.95. The molecule has 14 heavy (non-hydrogen) atoms. The van der Waals surface area contributed by atoms with Gasteiger partial charge in [-0.1, -0.05) is 0 Å². The lowest BCUT2D eigenvalue weighted by Crippen LogP contribution is -2.43. The first-order chi connectivity index (χ1) is 6.25. The van der Waals surface area contributed by atoms with Gasteiger partial charge in [0.2, 0.25) is 10.2 Å². The smallest absolute Gasteiger partial charge is 0.378 e. The summed E-state index contributed by atoms with van der Waals surface area (Å²) in [6.45, 7) is 3.21. The van der Waals surface area contributed by atoms with Gasteiger partial charge in [-0.25, -0.2) is 0 Å². The Labute approximate surface area is 83.9 Å². The van der Waals surface area contributed by atoms with Crippen LogP contribution in [-0.4, -0.2) is 33.7 Å². The fourth-order valence-electron chi connectivity index (χ4n) is 0.630. The van der Waals surface area contributed by atoms with Crippen molar-refractivity contribution in [2.24, 2.45) is 0 Å². The molecule has 0 heterocycles. The van der Waals surface area contributed by atoms with Crippen LogP contribution in [0.4, 0.5) is 0 Å². The molecular weight excluding hydrogens is 208 g/mol. The minimum atomic E-state index is -2.18. The van der Waals surface area contributed by atoms with Gasteiger partial charge in [0.15, 0.2) is 0 Å². The molecule has 0 aliphatic carbocycles. The fraction of sp³-hybridized carbons (Fsp3) is 0.571. The zero-order valence-electron chi connectivity index (χ0n) is 7.95. The van der Waals surface area contributed by atoms with Crippen LogP contribution >= 0.6 is 0 Å². The third-order valence-electron chi connectivity index (χ3n) is 0.834. The van der Waals surface area contributed by atoms with E-state index in [1.807, 2.05) is 0 Å². The molecular formula is C7H9O6Si. The Morgan fingerprint density at radius 1 is 0.857 bits per heavy atom. The van der Waals surface area contributed by atoms with Crippen LogP contribution in [0.1, 0.15) is 20.8 Å². The first-order valence-corrected chi connectivity index (χ1v) is 4.09. The Balaban J connectivity index is 4.56. The number of rotatable bonds is 3. The van der Waals surface area contributed by atoms with Crippen molar-refractivity contribution < 1.29 is 28.6 Å². The second-order valence-electron chi connectivity index (χ2n) is 2.34. The first kappa shape index (κ1) is 12.6. The zero-order chi connectivity index (χ0) is 11.4. The van der Waals surface area contributed by atoms with Gasteiger partial charge in [0.25, 0.3) is 0 Å². The molecule has 6 nitrogen and oxygen atoms in total. The van der Waals surface area contributed by atoms with E-state index in [9.17, 15) is 14.4 Å². The van der Waals surface area contributed by atoms with E-state index in [1.165, 1.54) is 0 Å². The van der Waals surface area contributed by atoms with Gasteiger partial charge in [-0.3, -0.25) is 14.4 Å². The molecule has 0 N–H and O–H groups in total. The van der Waals surface area contributed by atoms with E-state index in [4.69, 9.17) is 0 Å². The summed E-state index contributed by atoms with van der Waals surface area (Å²) in [5.74, 6) is -2.33. The third kappa shape index (κ3) is 5.30. The number of hydrogen-bond acceptors (Lipinski definition) is 6. The minimum Gasteiger partial charge on any atom is -0.394 e. The molecule has 0 aromatic heterocycles. The van der Waals surface area contributed by atoms with E-state index < -0.39 is 23.5 Å². The molecule has 0 atom stereocenters. The van der Waals surface area contributed by atoms with Crippen LogP contribution in [-0.2, 0) is 28.6 Å².